The summed E-state index contributed by atoms with van der Waals surface area (Å²) in [5.74, 6) is -0.101. The fourth-order valence-electron chi connectivity index (χ4n) is 2.96. The van der Waals surface area contributed by atoms with Crippen LogP contribution in [-0.4, -0.2) is 23.9 Å². The lowest BCUT2D eigenvalue weighted by atomic mass is 10.1. The van der Waals surface area contributed by atoms with Gasteiger partial charge in [-0.3, -0.25) is 9.69 Å². The van der Waals surface area contributed by atoms with Gasteiger partial charge in [0, 0.05) is 24.2 Å². The fourth-order valence-corrected chi connectivity index (χ4v) is 3.08. The molecular weight excluding hydrogens is 332 g/mol. The highest BCUT2D eigenvalue weighted by atomic mass is 35.5. The molecule has 4 heteroatoms. The van der Waals surface area contributed by atoms with Gasteiger partial charge in [0.2, 0.25) is 5.91 Å². The number of carbonyl (C=O) groups is 1. The number of hydrogen-bond acceptors (Lipinski definition) is 2. The Labute approximate surface area is 154 Å². The van der Waals surface area contributed by atoms with Crippen molar-refractivity contribution < 1.29 is 4.79 Å². The average Bonchev–Trinajstić information content (AvgIpc) is 3.14. The summed E-state index contributed by atoms with van der Waals surface area (Å²) in [6.07, 6.45) is 5.96. The van der Waals surface area contributed by atoms with E-state index >= 15 is 0 Å². The van der Waals surface area contributed by atoms with E-state index in [9.17, 15) is 4.79 Å². The Balaban J connectivity index is 1.45. The third kappa shape index (κ3) is 5.73. The molecule has 1 aliphatic heterocycles. The van der Waals surface area contributed by atoms with Crippen molar-refractivity contribution >= 4 is 23.6 Å². The Hall–Kier alpha value is -2.10. The van der Waals surface area contributed by atoms with Crippen molar-refractivity contribution in [2.45, 2.75) is 25.9 Å². The summed E-state index contributed by atoms with van der Waals surface area (Å²) in [5, 5.41) is 3.60. The predicted molar refractivity (Wildman–Crippen MR) is 103 cm³/mol. The average molecular weight is 355 g/mol. The number of rotatable bonds is 6. The van der Waals surface area contributed by atoms with E-state index in [1.807, 2.05) is 24.3 Å². The molecule has 1 fully saturated rings. The maximum atomic E-state index is 11.9. The summed E-state index contributed by atoms with van der Waals surface area (Å²) in [6.45, 7) is 3.97. The van der Waals surface area contributed by atoms with Crippen molar-refractivity contribution in [2.24, 2.45) is 0 Å². The summed E-state index contributed by atoms with van der Waals surface area (Å²) in [4.78, 5) is 14.4. The summed E-state index contributed by atoms with van der Waals surface area (Å²) >= 11 is 5.84. The molecule has 130 valence electrons. The van der Waals surface area contributed by atoms with E-state index in [0.717, 1.165) is 17.7 Å². The molecule has 0 saturated carbocycles. The Morgan fingerprint density at radius 3 is 2.32 bits per heavy atom. The van der Waals surface area contributed by atoms with Crippen LogP contribution in [0.3, 0.4) is 0 Å². The van der Waals surface area contributed by atoms with Gasteiger partial charge < -0.3 is 5.32 Å². The van der Waals surface area contributed by atoms with Crippen LogP contribution in [0, 0.1) is 0 Å². The molecule has 3 rings (SSSR count). The second kappa shape index (κ2) is 8.84. The van der Waals surface area contributed by atoms with Crippen LogP contribution in [0.25, 0.3) is 6.08 Å². The van der Waals surface area contributed by atoms with Gasteiger partial charge in [-0.25, -0.2) is 0 Å². The number of nitrogens with zero attached hydrogens (tertiary/aromatic N) is 1. The van der Waals surface area contributed by atoms with Gasteiger partial charge in [-0.2, -0.15) is 0 Å². The van der Waals surface area contributed by atoms with Gasteiger partial charge in [-0.15, -0.1) is 0 Å². The van der Waals surface area contributed by atoms with E-state index in [0.29, 0.717) is 11.6 Å². The number of hydrogen-bond donors (Lipinski definition) is 1. The SMILES string of the molecule is O=C(/C=C/c1ccc(Cl)cc1)NCc1ccc(CN2CCCC2)cc1. The van der Waals surface area contributed by atoms with Gasteiger partial charge in [-0.05, 0) is 60.8 Å². The lowest BCUT2D eigenvalue weighted by Gasteiger charge is -2.14. The van der Waals surface area contributed by atoms with Crippen LogP contribution in [0.5, 0.6) is 0 Å². The van der Waals surface area contributed by atoms with Crippen LogP contribution in [-0.2, 0) is 17.9 Å². The highest BCUT2D eigenvalue weighted by Crippen LogP contribution is 2.13. The van der Waals surface area contributed by atoms with E-state index in [1.54, 1.807) is 12.2 Å². The Morgan fingerprint density at radius 1 is 1.00 bits per heavy atom. The van der Waals surface area contributed by atoms with Crippen LogP contribution in [0.15, 0.2) is 54.6 Å². The minimum absolute atomic E-state index is 0.101. The van der Waals surface area contributed by atoms with E-state index < -0.39 is 0 Å². The first-order valence-corrected chi connectivity index (χ1v) is 9.08. The van der Waals surface area contributed by atoms with Crippen molar-refractivity contribution in [1.82, 2.24) is 10.2 Å². The molecule has 2 aromatic carbocycles. The minimum Gasteiger partial charge on any atom is -0.348 e. The molecule has 0 spiro atoms. The molecule has 1 aliphatic rings. The summed E-state index contributed by atoms with van der Waals surface area (Å²) < 4.78 is 0. The Kier molecular flexibility index (Phi) is 6.26. The quantitative estimate of drug-likeness (QED) is 0.786. The molecule has 0 aromatic heterocycles. The highest BCUT2D eigenvalue weighted by Gasteiger charge is 2.11. The molecule has 1 N–H and O–H groups in total. The first kappa shape index (κ1) is 17.7. The standard InChI is InChI=1S/C21H23ClN2O/c22-20-10-7-17(8-11-20)9-12-21(25)23-15-18-3-5-19(6-4-18)16-24-13-1-2-14-24/h3-12H,1-2,13-16H2,(H,23,25)/b12-9+. The normalized spacial score (nSPS) is 14.9. The van der Waals surface area contributed by atoms with Gasteiger partial charge in [0.15, 0.2) is 0 Å². The molecule has 1 amide bonds. The van der Waals surface area contributed by atoms with Crippen molar-refractivity contribution in [1.29, 1.82) is 0 Å². The number of nitrogens with one attached hydrogen (secondary N) is 1. The zero-order valence-corrected chi connectivity index (χ0v) is 15.0. The molecule has 0 unspecified atom stereocenters. The van der Waals surface area contributed by atoms with Crippen LogP contribution >= 0.6 is 11.6 Å². The van der Waals surface area contributed by atoms with Gasteiger partial charge in [0.25, 0.3) is 0 Å². The maximum absolute atomic E-state index is 11.9. The number of halogens is 1. The second-order valence-corrected chi connectivity index (χ2v) is 6.84. The molecule has 2 aromatic rings. The summed E-state index contributed by atoms with van der Waals surface area (Å²) in [6, 6.07) is 15.9. The zero-order valence-electron chi connectivity index (χ0n) is 14.2. The van der Waals surface area contributed by atoms with Crippen LogP contribution < -0.4 is 5.32 Å². The van der Waals surface area contributed by atoms with Gasteiger partial charge in [0.1, 0.15) is 0 Å². The molecule has 0 aliphatic carbocycles. The third-order valence-electron chi connectivity index (χ3n) is 4.39. The number of benzene rings is 2. The van der Waals surface area contributed by atoms with Gasteiger partial charge in [-0.1, -0.05) is 48.0 Å². The minimum atomic E-state index is -0.101. The second-order valence-electron chi connectivity index (χ2n) is 6.40. The Bertz CT molecular complexity index is 717. The maximum Gasteiger partial charge on any atom is 0.244 e. The lowest BCUT2D eigenvalue weighted by molar-refractivity contribution is -0.116. The molecule has 0 atom stereocenters. The smallest absolute Gasteiger partial charge is 0.244 e. The first-order valence-electron chi connectivity index (χ1n) is 8.71. The lowest BCUT2D eigenvalue weighted by Crippen LogP contribution is -2.20. The molecule has 3 nitrogen and oxygen atoms in total. The van der Waals surface area contributed by atoms with Gasteiger partial charge in [0.05, 0.1) is 0 Å². The first-order chi connectivity index (χ1) is 12.2. The molecule has 0 bridgehead atoms. The number of amides is 1. The van der Waals surface area contributed by atoms with E-state index in [1.165, 1.54) is 31.5 Å². The monoisotopic (exact) mass is 354 g/mol. The fraction of sp³-hybridized carbons (Fsp3) is 0.286. The largest absolute Gasteiger partial charge is 0.348 e. The van der Waals surface area contributed by atoms with Crippen molar-refractivity contribution in [3.63, 3.8) is 0 Å². The zero-order chi connectivity index (χ0) is 17.5. The third-order valence-corrected chi connectivity index (χ3v) is 4.64. The summed E-state index contributed by atoms with van der Waals surface area (Å²) in [5.41, 5.74) is 3.39. The van der Waals surface area contributed by atoms with Crippen LogP contribution in [0.2, 0.25) is 5.02 Å². The molecule has 0 radical (unpaired) electrons. The van der Waals surface area contributed by atoms with Crippen LogP contribution in [0.1, 0.15) is 29.5 Å². The molecule has 1 heterocycles. The summed E-state index contributed by atoms with van der Waals surface area (Å²) in [7, 11) is 0. The van der Waals surface area contributed by atoms with E-state index in [-0.39, 0.29) is 5.91 Å². The number of likely N-dealkylation sites (tertiary alicyclic amines) is 1. The van der Waals surface area contributed by atoms with E-state index in [4.69, 9.17) is 11.6 Å². The van der Waals surface area contributed by atoms with Crippen molar-refractivity contribution in [3.8, 4) is 0 Å². The van der Waals surface area contributed by atoms with Crippen molar-refractivity contribution in [2.75, 3.05) is 13.1 Å². The predicted octanol–water partition coefficient (Wildman–Crippen LogP) is 4.27. The van der Waals surface area contributed by atoms with E-state index in [2.05, 4.69) is 34.5 Å². The molecular formula is C21H23ClN2O. The molecule has 1 saturated heterocycles. The Morgan fingerprint density at radius 2 is 1.64 bits per heavy atom. The van der Waals surface area contributed by atoms with Crippen molar-refractivity contribution in [3.05, 3.63) is 76.3 Å². The van der Waals surface area contributed by atoms with Crippen LogP contribution in [0.4, 0.5) is 0 Å². The number of carbonyl (C=O) groups excluding carboxylic acids is 1. The van der Waals surface area contributed by atoms with Gasteiger partial charge >= 0.3 is 0 Å². The molecule has 25 heavy (non-hydrogen) atoms. The topological polar surface area (TPSA) is 32.3 Å². The highest BCUT2D eigenvalue weighted by molar-refractivity contribution is 6.30.